The van der Waals surface area contributed by atoms with Gasteiger partial charge in [-0.2, -0.15) is 0 Å². The molecule has 3 fully saturated rings. The molecule has 4 amide bonds. The first-order valence-corrected chi connectivity index (χ1v) is 23.4. The van der Waals surface area contributed by atoms with Crippen molar-refractivity contribution in [1.82, 2.24) is 25.2 Å². The Morgan fingerprint density at radius 2 is 1.83 bits per heavy atom. The molecule has 2 aromatic rings. The van der Waals surface area contributed by atoms with Crippen molar-refractivity contribution in [2.24, 2.45) is 17.8 Å². The molecule has 63 heavy (non-hydrogen) atoms. The number of aromatic nitrogens is 1. The van der Waals surface area contributed by atoms with Crippen molar-refractivity contribution in [2.45, 2.75) is 133 Å². The van der Waals surface area contributed by atoms with Gasteiger partial charge < -0.3 is 39.4 Å². The van der Waals surface area contributed by atoms with Crippen molar-refractivity contribution >= 4 is 45.6 Å². The fraction of sp³-hybridized carbons (Fsp3) is 0.587. The monoisotopic (exact) mass is 890 g/mol. The molecular formula is C46H62N6O10S. The number of alkyl carbamates (subject to hydrolysis) is 1. The lowest BCUT2D eigenvalue weighted by atomic mass is 9.85. The minimum atomic E-state index is -4.03. The summed E-state index contributed by atoms with van der Waals surface area (Å²) in [5.41, 5.74) is -0.0691. The number of methoxy groups -OCH3 is 2. The Morgan fingerprint density at radius 1 is 1.06 bits per heavy atom. The first-order chi connectivity index (χ1) is 29.8. The maximum atomic E-state index is 15.2. The number of carbonyl (C=O) groups is 4. The lowest BCUT2D eigenvalue weighted by molar-refractivity contribution is -0.142. The Balaban J connectivity index is 1.26. The molecule has 5 aliphatic rings. The van der Waals surface area contributed by atoms with Crippen LogP contribution in [-0.2, 0) is 33.9 Å². The number of hydrogen-bond acceptors (Lipinski definition) is 12. The number of sulfonamides is 1. The number of nitrogens with one attached hydrogen (secondary N) is 3. The molecule has 7 rings (SSSR count). The van der Waals surface area contributed by atoms with Gasteiger partial charge in [0.05, 0.1) is 37.0 Å². The number of carbonyl (C=O) groups excluding carboxylic acids is 4. The number of pyridine rings is 1. The second kappa shape index (κ2) is 17.8. The fourth-order valence-corrected chi connectivity index (χ4v) is 10.2. The average Bonchev–Trinajstić information content (AvgIpc) is 4.12. The number of amides is 4. The molecule has 17 heteroatoms. The summed E-state index contributed by atoms with van der Waals surface area (Å²) in [5.74, 6) is -1.49. The summed E-state index contributed by atoms with van der Waals surface area (Å²) in [5, 5.41) is 5.85. The van der Waals surface area contributed by atoms with Crippen LogP contribution >= 0.6 is 0 Å². The highest BCUT2D eigenvalue weighted by atomic mass is 32.2. The lowest BCUT2D eigenvalue weighted by Gasteiger charge is -2.36. The van der Waals surface area contributed by atoms with Crippen LogP contribution in [-0.4, -0.2) is 97.0 Å². The maximum absolute atomic E-state index is 15.2. The Kier molecular flexibility index (Phi) is 12.9. The van der Waals surface area contributed by atoms with Crippen LogP contribution in [0.15, 0.2) is 54.9 Å². The van der Waals surface area contributed by atoms with Crippen LogP contribution in [0.3, 0.4) is 0 Å². The summed E-state index contributed by atoms with van der Waals surface area (Å²) in [4.78, 5) is 65.5. The summed E-state index contributed by atoms with van der Waals surface area (Å²) >= 11 is 0. The van der Waals surface area contributed by atoms with E-state index >= 15 is 4.79 Å². The Morgan fingerprint density at radius 3 is 2.48 bits per heavy atom. The summed E-state index contributed by atoms with van der Waals surface area (Å²) in [6, 6.07) is 7.01. The number of anilines is 1. The number of benzene rings is 1. The second-order valence-corrected chi connectivity index (χ2v) is 21.1. The molecule has 0 bridgehead atoms. The normalized spacial score (nSPS) is 29.7. The molecule has 2 aliphatic carbocycles. The quantitative estimate of drug-likeness (QED) is 0.245. The van der Waals surface area contributed by atoms with E-state index in [0.717, 1.165) is 17.5 Å². The van der Waals surface area contributed by atoms with Crippen molar-refractivity contribution in [3.8, 4) is 11.6 Å². The van der Waals surface area contributed by atoms with Gasteiger partial charge in [-0.3, -0.25) is 19.1 Å². The first kappa shape index (κ1) is 45.9. The molecule has 8 atom stereocenters. The number of allylic oxidation sites excluding steroid dienone is 1. The van der Waals surface area contributed by atoms with Gasteiger partial charge in [0.1, 0.15) is 29.0 Å². The minimum absolute atomic E-state index is 0.0267. The molecule has 4 heterocycles. The third-order valence-corrected chi connectivity index (χ3v) is 15.2. The molecule has 0 radical (unpaired) electrons. The van der Waals surface area contributed by atoms with Crippen LogP contribution in [0.1, 0.15) is 110 Å². The van der Waals surface area contributed by atoms with Crippen LogP contribution in [0, 0.1) is 17.8 Å². The predicted molar refractivity (Wildman–Crippen MR) is 236 cm³/mol. The number of ether oxygens (including phenoxy) is 4. The van der Waals surface area contributed by atoms with Crippen LogP contribution in [0.4, 0.5) is 10.5 Å². The van der Waals surface area contributed by atoms with Crippen molar-refractivity contribution in [3.05, 3.63) is 66.0 Å². The summed E-state index contributed by atoms with van der Waals surface area (Å²) in [6.07, 6.45) is 10.7. The van der Waals surface area contributed by atoms with Gasteiger partial charge in [0, 0.05) is 36.7 Å². The Labute approximate surface area is 370 Å². The van der Waals surface area contributed by atoms with E-state index in [1.165, 1.54) is 12.0 Å². The van der Waals surface area contributed by atoms with Gasteiger partial charge in [0.15, 0.2) is 6.23 Å². The van der Waals surface area contributed by atoms with E-state index < -0.39 is 80.1 Å². The SMILES string of the molecule is CC[C@@H]1C[C@H](C)CC/C=C\[C@@H]2C[C@@]2(C(=O)NS(=O)(=O)C2(C)CC2)NC(=O)[C@@H]2C[C@@H](OC3c4ccc(OC)cc4C=CN3c3ccc(OC)nc3)CN2C(=O)[C@H]1NC(=O)OC(C)(C)C. The van der Waals surface area contributed by atoms with E-state index in [1.807, 2.05) is 60.5 Å². The topological polar surface area (TPSA) is 195 Å². The van der Waals surface area contributed by atoms with Crippen LogP contribution in [0.2, 0.25) is 0 Å². The van der Waals surface area contributed by atoms with E-state index in [-0.39, 0.29) is 31.2 Å². The van der Waals surface area contributed by atoms with Crippen molar-refractivity contribution in [3.63, 3.8) is 0 Å². The Bertz CT molecular complexity index is 2240. The van der Waals surface area contributed by atoms with Crippen LogP contribution in [0.5, 0.6) is 11.6 Å². The second-order valence-electron chi connectivity index (χ2n) is 18.9. The molecular weight excluding hydrogens is 829 g/mol. The fourth-order valence-electron chi connectivity index (χ4n) is 8.89. The van der Waals surface area contributed by atoms with E-state index in [4.69, 9.17) is 18.9 Å². The zero-order chi connectivity index (χ0) is 45.5. The van der Waals surface area contributed by atoms with E-state index in [0.29, 0.717) is 49.4 Å². The molecule has 3 aliphatic heterocycles. The van der Waals surface area contributed by atoms with Gasteiger partial charge in [-0.15, -0.1) is 0 Å². The molecule has 2 saturated carbocycles. The zero-order valence-electron chi connectivity index (χ0n) is 37.5. The number of hydrogen-bond donors (Lipinski definition) is 3. The summed E-state index contributed by atoms with van der Waals surface area (Å²) in [6.45, 7) is 10.9. The summed E-state index contributed by atoms with van der Waals surface area (Å²) in [7, 11) is -0.904. The van der Waals surface area contributed by atoms with Gasteiger partial charge in [-0.1, -0.05) is 38.5 Å². The highest BCUT2D eigenvalue weighted by Gasteiger charge is 2.63. The van der Waals surface area contributed by atoms with Crippen LogP contribution < -0.4 is 29.7 Å². The smallest absolute Gasteiger partial charge is 0.408 e. The van der Waals surface area contributed by atoms with Gasteiger partial charge in [-0.25, -0.2) is 18.2 Å². The lowest BCUT2D eigenvalue weighted by Crippen LogP contribution is -2.59. The zero-order valence-corrected chi connectivity index (χ0v) is 38.3. The number of fused-ring (bicyclic) bond motifs is 3. The van der Waals surface area contributed by atoms with Crippen LogP contribution in [0.25, 0.3) is 6.08 Å². The third kappa shape index (κ3) is 9.83. The van der Waals surface area contributed by atoms with E-state index in [9.17, 15) is 22.8 Å². The molecule has 0 spiro atoms. The van der Waals surface area contributed by atoms with Gasteiger partial charge in [-0.05, 0) is 108 Å². The Hall–Kier alpha value is -5.16. The molecule has 1 aromatic carbocycles. The highest BCUT2D eigenvalue weighted by molar-refractivity contribution is 7.91. The average molecular weight is 891 g/mol. The molecule has 1 unspecified atom stereocenters. The minimum Gasteiger partial charge on any atom is -0.497 e. The largest absolute Gasteiger partial charge is 0.497 e. The standard InChI is InChI=1S/C46H62N6O10S/c1-9-29-22-28(2)12-10-11-13-31-25-46(31,42(55)50-63(57,58)45(6)19-20-45)49-39(53)36-24-34(27-52(36)40(54)38(29)48-43(56)62-44(3,4)5)61-41-35-16-15-33(59-7)23-30(35)18-21-51(41)32-14-17-37(60-8)47-26-32/h11,13-18,21,23,26,28-29,31,34,36,38,41H,9-10,12,19-20,22,24-25,27H2,1-8H3,(H,48,56)(H,49,53)(H,50,55)/b13-11-/t28-,29-,31-,34-,36+,38+,41?,46-/m1/s1. The molecule has 342 valence electrons. The predicted octanol–water partition coefficient (Wildman–Crippen LogP) is 5.74. The molecule has 16 nitrogen and oxygen atoms in total. The van der Waals surface area contributed by atoms with Crippen molar-refractivity contribution in [2.75, 3.05) is 25.7 Å². The molecule has 3 N–H and O–H groups in total. The van der Waals surface area contributed by atoms with Crippen molar-refractivity contribution < 1.29 is 46.5 Å². The van der Waals surface area contributed by atoms with Crippen molar-refractivity contribution in [1.29, 1.82) is 0 Å². The van der Waals surface area contributed by atoms with Gasteiger partial charge in [0.2, 0.25) is 27.7 Å². The first-order valence-electron chi connectivity index (χ1n) is 22.0. The number of rotatable bonds is 10. The number of nitrogens with zero attached hydrogens (tertiary/aromatic N) is 3. The third-order valence-electron chi connectivity index (χ3n) is 13.1. The highest BCUT2D eigenvalue weighted by Crippen LogP contribution is 2.48. The van der Waals surface area contributed by atoms with E-state index in [2.05, 4.69) is 27.3 Å². The van der Waals surface area contributed by atoms with E-state index in [1.54, 1.807) is 47.1 Å². The van der Waals surface area contributed by atoms with Gasteiger partial charge in [0.25, 0.3) is 5.91 Å². The van der Waals surface area contributed by atoms with Gasteiger partial charge >= 0.3 is 6.09 Å². The molecule has 1 aromatic heterocycles. The molecule has 1 saturated heterocycles. The summed E-state index contributed by atoms with van der Waals surface area (Å²) < 4.78 is 51.5. The maximum Gasteiger partial charge on any atom is 0.408 e.